The number of phenols is 1. The number of hydrogen-bond acceptors (Lipinski definition) is 6. The van der Waals surface area contributed by atoms with Crippen LogP contribution in [0.3, 0.4) is 0 Å². The lowest BCUT2D eigenvalue weighted by Gasteiger charge is -2.24. The Kier molecular flexibility index (Phi) is 6.60. The molecule has 10 nitrogen and oxygen atoms in total. The highest BCUT2D eigenvalue weighted by Gasteiger charge is 2.45. The predicted molar refractivity (Wildman–Crippen MR) is 122 cm³/mol. The maximum Gasteiger partial charge on any atom is 0.329 e. The van der Waals surface area contributed by atoms with Gasteiger partial charge in [-0.15, -0.1) is 0 Å². The third kappa shape index (κ3) is 5.07. The van der Waals surface area contributed by atoms with Crippen LogP contribution >= 0.6 is 0 Å². The van der Waals surface area contributed by atoms with Gasteiger partial charge in [0.1, 0.15) is 25.0 Å². The minimum Gasteiger partial charge on any atom is -0.508 e. The molecule has 4 rings (SSSR count). The molecule has 2 aliphatic rings. The quantitative estimate of drug-likeness (QED) is 0.451. The van der Waals surface area contributed by atoms with Crippen LogP contribution < -0.4 is 10.6 Å². The van der Waals surface area contributed by atoms with Crippen molar-refractivity contribution < 1.29 is 34.1 Å². The molecule has 0 saturated carbocycles. The summed E-state index contributed by atoms with van der Waals surface area (Å²) >= 11 is 0. The fraction of sp³-hybridized carbons (Fsp3) is 0.250. The van der Waals surface area contributed by atoms with Gasteiger partial charge in [-0.3, -0.25) is 14.4 Å². The number of carbonyl (C=O) groups excluding carboxylic acids is 3. The van der Waals surface area contributed by atoms with E-state index in [1.807, 2.05) is 12.2 Å². The summed E-state index contributed by atoms with van der Waals surface area (Å²) in [6, 6.07) is 10.3. The Balaban J connectivity index is 1.49. The summed E-state index contributed by atoms with van der Waals surface area (Å²) in [7, 11) is 0. The van der Waals surface area contributed by atoms with Gasteiger partial charge >= 0.3 is 5.97 Å². The lowest BCUT2D eigenvalue weighted by Crippen LogP contribution is -2.52. The van der Waals surface area contributed by atoms with E-state index < -0.39 is 43.1 Å². The van der Waals surface area contributed by atoms with E-state index in [4.69, 9.17) is 9.84 Å². The second kappa shape index (κ2) is 9.75. The average molecular weight is 465 g/mol. The van der Waals surface area contributed by atoms with Gasteiger partial charge in [-0.05, 0) is 41.8 Å². The highest BCUT2D eigenvalue weighted by Crippen LogP contribution is 2.30. The molecular weight excluding hydrogens is 442 g/mol. The first-order valence-corrected chi connectivity index (χ1v) is 10.6. The van der Waals surface area contributed by atoms with Crippen LogP contribution in [0.15, 0.2) is 42.5 Å². The van der Waals surface area contributed by atoms with E-state index in [9.17, 15) is 24.3 Å². The lowest BCUT2D eigenvalue weighted by atomic mass is 10.1. The minimum absolute atomic E-state index is 0.172. The first-order valence-electron chi connectivity index (χ1n) is 10.6. The summed E-state index contributed by atoms with van der Waals surface area (Å²) in [4.78, 5) is 50.3. The molecule has 2 unspecified atom stereocenters. The van der Waals surface area contributed by atoms with E-state index in [-0.39, 0.29) is 18.2 Å². The molecule has 2 heterocycles. The number of aromatic hydroxyl groups is 1. The highest BCUT2D eigenvalue weighted by atomic mass is 16.5. The molecule has 0 spiro atoms. The van der Waals surface area contributed by atoms with Crippen molar-refractivity contribution in [2.45, 2.75) is 18.5 Å². The molecule has 176 valence electrons. The van der Waals surface area contributed by atoms with Gasteiger partial charge in [0.25, 0.3) is 5.91 Å². The number of carbonyl (C=O) groups is 4. The van der Waals surface area contributed by atoms with E-state index in [2.05, 4.69) is 10.6 Å². The summed E-state index contributed by atoms with van der Waals surface area (Å²) in [5.74, 6) is -2.31. The number of carboxylic acid groups (broad SMARTS) is 1. The third-order valence-electron chi connectivity index (χ3n) is 5.63. The number of amides is 3. The zero-order valence-corrected chi connectivity index (χ0v) is 18.1. The Morgan fingerprint density at radius 2 is 1.79 bits per heavy atom. The van der Waals surface area contributed by atoms with Crippen molar-refractivity contribution >= 4 is 41.5 Å². The summed E-state index contributed by atoms with van der Waals surface area (Å²) in [6.07, 6.45) is 4.05. The molecule has 0 bridgehead atoms. The van der Waals surface area contributed by atoms with E-state index >= 15 is 0 Å². The third-order valence-corrected chi connectivity index (χ3v) is 5.63. The molecule has 0 radical (unpaired) electrons. The summed E-state index contributed by atoms with van der Waals surface area (Å²) in [5.41, 5.74) is 2.37. The van der Waals surface area contributed by atoms with Gasteiger partial charge in [0.15, 0.2) is 0 Å². The topological polar surface area (TPSA) is 145 Å². The van der Waals surface area contributed by atoms with Crippen LogP contribution in [0.4, 0.5) is 5.69 Å². The average Bonchev–Trinajstić information content (AvgIpc) is 3.18. The summed E-state index contributed by atoms with van der Waals surface area (Å²) in [5, 5.41) is 23.4. The van der Waals surface area contributed by atoms with Crippen molar-refractivity contribution in [1.29, 1.82) is 0 Å². The van der Waals surface area contributed by atoms with Gasteiger partial charge in [-0.2, -0.15) is 0 Å². The Hall–Kier alpha value is -4.18. The zero-order chi connectivity index (χ0) is 24.2. The first kappa shape index (κ1) is 23.0. The van der Waals surface area contributed by atoms with E-state index in [1.165, 1.54) is 4.90 Å². The van der Waals surface area contributed by atoms with Crippen LogP contribution in [0.1, 0.15) is 27.9 Å². The minimum atomic E-state index is -1.19. The highest BCUT2D eigenvalue weighted by molar-refractivity contribution is 6.11. The van der Waals surface area contributed by atoms with Gasteiger partial charge in [-0.1, -0.05) is 30.4 Å². The Labute approximate surface area is 194 Å². The van der Waals surface area contributed by atoms with Crippen LogP contribution in [-0.2, 0) is 19.1 Å². The molecule has 4 N–H and O–H groups in total. The van der Waals surface area contributed by atoms with Crippen molar-refractivity contribution in [3.63, 3.8) is 0 Å². The number of aliphatic carboxylic acids is 1. The largest absolute Gasteiger partial charge is 0.508 e. The van der Waals surface area contributed by atoms with Crippen molar-refractivity contribution in [1.82, 2.24) is 10.2 Å². The molecule has 0 aromatic heterocycles. The first-order chi connectivity index (χ1) is 16.3. The van der Waals surface area contributed by atoms with Gasteiger partial charge in [0.05, 0.1) is 17.3 Å². The number of phenolic OH excluding ortho intramolecular Hbond substituents is 1. The fourth-order valence-corrected chi connectivity index (χ4v) is 4.07. The predicted octanol–water partition coefficient (Wildman–Crippen LogP) is 1.32. The fourth-order valence-electron chi connectivity index (χ4n) is 4.07. The molecule has 34 heavy (non-hydrogen) atoms. The molecule has 2 aromatic rings. The Morgan fingerprint density at radius 3 is 2.53 bits per heavy atom. The molecule has 0 aliphatic carbocycles. The monoisotopic (exact) mass is 465 g/mol. The lowest BCUT2D eigenvalue weighted by molar-refractivity contribution is -0.143. The van der Waals surface area contributed by atoms with Crippen LogP contribution in [0.25, 0.3) is 12.2 Å². The molecule has 1 fully saturated rings. The van der Waals surface area contributed by atoms with Gasteiger partial charge in [0.2, 0.25) is 11.8 Å². The van der Waals surface area contributed by atoms with Crippen molar-refractivity contribution in [3.05, 3.63) is 59.2 Å². The number of anilines is 1. The van der Waals surface area contributed by atoms with Crippen molar-refractivity contribution in [2.75, 3.05) is 25.1 Å². The standard InChI is InChI=1S/C24H23N3O7/c28-16-6-3-14(4-7-16)1-2-15-5-8-18-17(11-15)24(33)27-10-9-19(22(27)23(32)26-18)25-20(29)12-34-13-21(30)31/h1-8,11,19,22,28H,9-10,12-13H2,(H,25,29)(H,26,32)(H,30,31). The van der Waals surface area contributed by atoms with Gasteiger partial charge in [-0.25, -0.2) is 4.79 Å². The number of fused-ring (bicyclic) bond motifs is 2. The summed E-state index contributed by atoms with van der Waals surface area (Å²) < 4.78 is 4.79. The SMILES string of the molecule is O=C(O)COCC(=O)NC1CCN2C(=O)c3cc(C=Cc4ccc(O)cc4)ccc3NC(=O)C12. The molecule has 2 aliphatic heterocycles. The number of carboxylic acids is 1. The smallest absolute Gasteiger partial charge is 0.329 e. The summed E-state index contributed by atoms with van der Waals surface area (Å²) in [6.45, 7) is -0.779. The number of nitrogens with zero attached hydrogens (tertiary/aromatic N) is 1. The second-order valence-electron chi connectivity index (χ2n) is 8.01. The van der Waals surface area contributed by atoms with Gasteiger partial charge < -0.3 is 30.5 Å². The molecule has 1 saturated heterocycles. The van der Waals surface area contributed by atoms with Crippen molar-refractivity contribution in [3.8, 4) is 5.75 Å². The van der Waals surface area contributed by atoms with E-state index in [1.54, 1.807) is 42.5 Å². The van der Waals surface area contributed by atoms with Gasteiger partial charge in [0, 0.05) is 6.54 Å². The number of ether oxygens (including phenoxy) is 1. The maximum atomic E-state index is 13.3. The molecular formula is C24H23N3O7. The molecule has 2 aromatic carbocycles. The van der Waals surface area contributed by atoms with Crippen LogP contribution in [0.5, 0.6) is 5.75 Å². The Morgan fingerprint density at radius 1 is 1.09 bits per heavy atom. The van der Waals surface area contributed by atoms with Crippen LogP contribution in [0, 0.1) is 0 Å². The normalized spacial score (nSPS) is 19.4. The Bertz CT molecular complexity index is 1160. The zero-order valence-electron chi connectivity index (χ0n) is 18.1. The molecule has 3 amide bonds. The number of benzene rings is 2. The maximum absolute atomic E-state index is 13.3. The molecule has 10 heteroatoms. The second-order valence-corrected chi connectivity index (χ2v) is 8.01. The number of hydrogen-bond donors (Lipinski definition) is 4. The van der Waals surface area contributed by atoms with Crippen molar-refractivity contribution in [2.24, 2.45) is 0 Å². The van der Waals surface area contributed by atoms with Crippen LogP contribution in [-0.4, -0.2) is 70.6 Å². The van der Waals surface area contributed by atoms with E-state index in [0.29, 0.717) is 17.7 Å². The van der Waals surface area contributed by atoms with Crippen LogP contribution in [0.2, 0.25) is 0 Å². The number of nitrogens with one attached hydrogen (secondary N) is 2. The molecule has 2 atom stereocenters. The number of rotatable bonds is 7. The van der Waals surface area contributed by atoms with E-state index in [0.717, 1.165) is 11.1 Å².